The van der Waals surface area contributed by atoms with Crippen LogP contribution in [0.25, 0.3) is 11.0 Å². The molecule has 24 heavy (non-hydrogen) atoms. The van der Waals surface area contributed by atoms with E-state index in [1.165, 1.54) is 18.2 Å². The molecule has 2 amide bonds. The van der Waals surface area contributed by atoms with Crippen molar-refractivity contribution in [3.05, 3.63) is 70.2 Å². The summed E-state index contributed by atoms with van der Waals surface area (Å²) in [6, 6.07) is 10.7. The molecule has 1 aromatic heterocycles. The van der Waals surface area contributed by atoms with Crippen molar-refractivity contribution in [1.82, 2.24) is 10.9 Å². The summed E-state index contributed by atoms with van der Waals surface area (Å²) in [7, 11) is 0. The Hall–Kier alpha value is -2.86. The topological polar surface area (TPSA) is 71.3 Å². The number of fused-ring (bicyclic) bond motifs is 1. The summed E-state index contributed by atoms with van der Waals surface area (Å²) >= 11 is 5.81. The molecule has 0 aliphatic heterocycles. The minimum atomic E-state index is -0.682. The van der Waals surface area contributed by atoms with E-state index in [1.807, 2.05) is 0 Å². The lowest BCUT2D eigenvalue weighted by atomic mass is 10.1. The molecule has 0 aliphatic rings. The van der Waals surface area contributed by atoms with Crippen LogP contribution in [-0.4, -0.2) is 11.8 Å². The van der Waals surface area contributed by atoms with Gasteiger partial charge in [0.2, 0.25) is 0 Å². The van der Waals surface area contributed by atoms with Crippen molar-refractivity contribution in [1.29, 1.82) is 0 Å². The lowest BCUT2D eigenvalue weighted by molar-refractivity contribution is 0.0831. The number of aryl methyl sites for hydroxylation is 1. The third-order valence-electron chi connectivity index (χ3n) is 3.50. The van der Waals surface area contributed by atoms with Crippen LogP contribution in [0, 0.1) is 12.7 Å². The van der Waals surface area contributed by atoms with Gasteiger partial charge in [-0.05, 0) is 31.2 Å². The van der Waals surface area contributed by atoms with Gasteiger partial charge in [0.1, 0.15) is 0 Å². The van der Waals surface area contributed by atoms with E-state index in [-0.39, 0.29) is 16.9 Å². The average Bonchev–Trinajstić information content (AvgIpc) is 2.91. The molecule has 0 saturated heterocycles. The number of hydrogen-bond donors (Lipinski definition) is 2. The van der Waals surface area contributed by atoms with Crippen LogP contribution in [0.3, 0.4) is 0 Å². The first-order valence-corrected chi connectivity index (χ1v) is 7.39. The summed E-state index contributed by atoms with van der Waals surface area (Å²) in [5.41, 5.74) is 5.27. The molecular formula is C17H12ClFN2O3. The Morgan fingerprint density at radius 2 is 1.79 bits per heavy atom. The summed E-state index contributed by atoms with van der Waals surface area (Å²) in [5, 5.41) is 0.902. The summed E-state index contributed by atoms with van der Waals surface area (Å²) in [6.07, 6.45) is 0. The minimum absolute atomic E-state index is 0.00122. The van der Waals surface area contributed by atoms with E-state index in [2.05, 4.69) is 10.9 Å². The summed E-state index contributed by atoms with van der Waals surface area (Å²) < 4.78 is 19.0. The van der Waals surface area contributed by atoms with Gasteiger partial charge in [-0.2, -0.15) is 0 Å². The zero-order chi connectivity index (χ0) is 17.3. The molecule has 122 valence electrons. The Balaban J connectivity index is 1.77. The van der Waals surface area contributed by atoms with Crippen LogP contribution in [0.2, 0.25) is 5.02 Å². The number of furan rings is 1. The van der Waals surface area contributed by atoms with Gasteiger partial charge in [0.25, 0.3) is 5.91 Å². The Kier molecular flexibility index (Phi) is 4.22. The van der Waals surface area contributed by atoms with Crippen molar-refractivity contribution >= 4 is 34.4 Å². The van der Waals surface area contributed by atoms with Crippen LogP contribution in [-0.2, 0) is 0 Å². The van der Waals surface area contributed by atoms with Crippen molar-refractivity contribution in [3.63, 3.8) is 0 Å². The number of para-hydroxylation sites is 1. The van der Waals surface area contributed by atoms with Gasteiger partial charge < -0.3 is 4.42 Å². The second-order valence-electron chi connectivity index (χ2n) is 5.09. The molecule has 0 fully saturated rings. The molecule has 7 heteroatoms. The fourth-order valence-corrected chi connectivity index (χ4v) is 2.49. The normalized spacial score (nSPS) is 10.6. The Labute approximate surface area is 141 Å². The van der Waals surface area contributed by atoms with Crippen LogP contribution < -0.4 is 10.9 Å². The zero-order valence-electron chi connectivity index (χ0n) is 12.5. The first-order chi connectivity index (χ1) is 11.5. The molecule has 5 nitrogen and oxygen atoms in total. The number of carbonyl (C=O) groups is 2. The Bertz CT molecular complexity index is 952. The highest BCUT2D eigenvalue weighted by atomic mass is 35.5. The van der Waals surface area contributed by atoms with Crippen molar-refractivity contribution in [2.45, 2.75) is 6.92 Å². The molecule has 2 aromatic carbocycles. The van der Waals surface area contributed by atoms with Crippen LogP contribution in [0.5, 0.6) is 0 Å². The average molecular weight is 347 g/mol. The van der Waals surface area contributed by atoms with E-state index in [4.69, 9.17) is 16.0 Å². The molecular weight excluding hydrogens is 335 g/mol. The molecule has 0 spiro atoms. The van der Waals surface area contributed by atoms with E-state index >= 15 is 0 Å². The molecule has 2 N–H and O–H groups in total. The molecule has 0 aliphatic carbocycles. The van der Waals surface area contributed by atoms with Crippen LogP contribution in [0.4, 0.5) is 4.39 Å². The molecule has 3 rings (SSSR count). The molecule has 3 aromatic rings. The third-order valence-corrected chi connectivity index (χ3v) is 3.73. The van der Waals surface area contributed by atoms with E-state index in [9.17, 15) is 14.0 Å². The monoisotopic (exact) mass is 346 g/mol. The van der Waals surface area contributed by atoms with Crippen molar-refractivity contribution in [3.8, 4) is 0 Å². The van der Waals surface area contributed by atoms with Gasteiger partial charge in [-0.1, -0.05) is 29.8 Å². The lowest BCUT2D eigenvalue weighted by Crippen LogP contribution is -2.41. The molecule has 0 unspecified atom stereocenters. The smallest absolute Gasteiger partial charge is 0.305 e. The van der Waals surface area contributed by atoms with Crippen LogP contribution in [0.1, 0.15) is 26.5 Å². The minimum Gasteiger partial charge on any atom is -0.447 e. The first kappa shape index (κ1) is 16.0. The quantitative estimate of drug-likeness (QED) is 0.696. The van der Waals surface area contributed by atoms with Gasteiger partial charge in [-0.3, -0.25) is 20.4 Å². The maximum atomic E-state index is 13.7. The van der Waals surface area contributed by atoms with Gasteiger partial charge >= 0.3 is 5.91 Å². The number of benzene rings is 2. The largest absolute Gasteiger partial charge is 0.447 e. The number of carbonyl (C=O) groups excluding carboxylic acids is 2. The molecule has 0 saturated carbocycles. The van der Waals surface area contributed by atoms with Gasteiger partial charge in [0, 0.05) is 21.5 Å². The highest BCUT2D eigenvalue weighted by Gasteiger charge is 2.20. The maximum Gasteiger partial charge on any atom is 0.305 e. The zero-order valence-corrected chi connectivity index (χ0v) is 13.3. The maximum absolute atomic E-state index is 13.7. The second-order valence-corrected chi connectivity index (χ2v) is 5.53. The number of nitrogens with one attached hydrogen (secondary N) is 2. The Morgan fingerprint density at radius 3 is 2.50 bits per heavy atom. The van der Waals surface area contributed by atoms with Crippen LogP contribution >= 0.6 is 11.6 Å². The predicted molar refractivity (Wildman–Crippen MR) is 87.3 cm³/mol. The van der Waals surface area contributed by atoms with E-state index in [0.717, 1.165) is 0 Å². The summed E-state index contributed by atoms with van der Waals surface area (Å²) in [4.78, 5) is 24.1. The second kappa shape index (κ2) is 6.33. The summed E-state index contributed by atoms with van der Waals surface area (Å²) in [5.74, 6) is -1.84. The molecule has 0 atom stereocenters. The van der Waals surface area contributed by atoms with Crippen molar-refractivity contribution < 1.29 is 18.4 Å². The number of amides is 2. The number of hydrogen-bond acceptors (Lipinski definition) is 3. The highest BCUT2D eigenvalue weighted by Crippen LogP contribution is 2.27. The highest BCUT2D eigenvalue weighted by molar-refractivity contribution is 6.31. The van der Waals surface area contributed by atoms with Gasteiger partial charge in [-0.15, -0.1) is 0 Å². The van der Waals surface area contributed by atoms with E-state index in [0.29, 0.717) is 16.0 Å². The first-order valence-electron chi connectivity index (χ1n) is 7.01. The van der Waals surface area contributed by atoms with Gasteiger partial charge in [0.05, 0.1) is 0 Å². The van der Waals surface area contributed by atoms with E-state index in [1.54, 1.807) is 31.2 Å². The predicted octanol–water partition coefficient (Wildman–Crippen LogP) is 3.61. The van der Waals surface area contributed by atoms with Crippen molar-refractivity contribution in [2.24, 2.45) is 0 Å². The third kappa shape index (κ3) is 2.96. The number of hydrazine groups is 1. The fraction of sp³-hybridized carbons (Fsp3) is 0.0588. The van der Waals surface area contributed by atoms with Crippen molar-refractivity contribution in [2.75, 3.05) is 0 Å². The van der Waals surface area contributed by atoms with Gasteiger partial charge in [-0.25, -0.2) is 4.39 Å². The number of halogens is 2. The number of rotatable bonds is 2. The lowest BCUT2D eigenvalue weighted by Gasteiger charge is -2.06. The molecule has 0 bridgehead atoms. The Morgan fingerprint density at radius 1 is 1.08 bits per heavy atom. The van der Waals surface area contributed by atoms with E-state index < -0.39 is 17.6 Å². The van der Waals surface area contributed by atoms with Crippen LogP contribution in [0.15, 0.2) is 46.9 Å². The molecule has 1 heterocycles. The summed E-state index contributed by atoms with van der Waals surface area (Å²) in [6.45, 7) is 1.64. The fourth-order valence-electron chi connectivity index (χ4n) is 2.30. The van der Waals surface area contributed by atoms with Gasteiger partial charge in [0.15, 0.2) is 17.2 Å². The molecule has 0 radical (unpaired) electrons. The standard InChI is InChI=1S/C17H12ClFN2O3/c1-9-12-6-3-7-13(19)15(12)24-14(9)17(23)21-20-16(22)10-4-2-5-11(18)8-10/h2-8H,1H3,(H,20,22)(H,21,23). The SMILES string of the molecule is Cc1c(C(=O)NNC(=O)c2cccc(Cl)c2)oc2c(F)cccc12.